The summed E-state index contributed by atoms with van der Waals surface area (Å²) < 4.78 is 1.53. The van der Waals surface area contributed by atoms with Gasteiger partial charge < -0.3 is 10.8 Å². The molecule has 2 aromatic rings. The third-order valence-electron chi connectivity index (χ3n) is 4.14. The van der Waals surface area contributed by atoms with E-state index in [1.54, 1.807) is 25.1 Å². The van der Waals surface area contributed by atoms with Gasteiger partial charge >= 0.3 is 5.97 Å². The minimum Gasteiger partial charge on any atom is -0.481 e. The third kappa shape index (κ3) is 2.28. The van der Waals surface area contributed by atoms with Crippen LogP contribution >= 0.6 is 11.6 Å². The summed E-state index contributed by atoms with van der Waals surface area (Å²) in [7, 11) is 0. The average molecular weight is 322 g/mol. The molecule has 3 N–H and O–H groups in total. The number of carbonyl (C=O) groups is 1. The van der Waals surface area contributed by atoms with Gasteiger partial charge in [-0.2, -0.15) is 0 Å². The van der Waals surface area contributed by atoms with Crippen LogP contribution in [0.4, 0.5) is 0 Å². The van der Waals surface area contributed by atoms with Crippen LogP contribution in [0.3, 0.4) is 0 Å². The summed E-state index contributed by atoms with van der Waals surface area (Å²) in [5.41, 5.74) is 6.21. The Morgan fingerprint density at radius 3 is 2.77 bits per heavy atom. The number of carboxylic acid groups (broad SMARTS) is 1. The number of aliphatic carboxylic acids is 1. The number of nitrogens with two attached hydrogens (primary N) is 1. The van der Waals surface area contributed by atoms with Crippen molar-refractivity contribution in [2.24, 2.45) is 11.7 Å². The summed E-state index contributed by atoms with van der Waals surface area (Å²) in [6.45, 7) is 1.75. The molecule has 1 aromatic carbocycles. The fourth-order valence-electron chi connectivity index (χ4n) is 2.89. The second-order valence-corrected chi connectivity index (χ2v) is 6.14. The first kappa shape index (κ1) is 15.0. The molecule has 0 spiro atoms. The van der Waals surface area contributed by atoms with E-state index in [9.17, 15) is 9.59 Å². The van der Waals surface area contributed by atoms with Gasteiger partial charge in [0.15, 0.2) is 0 Å². The summed E-state index contributed by atoms with van der Waals surface area (Å²) in [6, 6.07) is 4.47. The smallest absolute Gasteiger partial charge is 0.306 e. The third-order valence-corrected chi connectivity index (χ3v) is 4.46. The molecule has 7 heteroatoms. The van der Waals surface area contributed by atoms with Crippen LogP contribution in [0.2, 0.25) is 5.02 Å². The van der Waals surface area contributed by atoms with Gasteiger partial charge in [-0.15, -0.1) is 0 Å². The van der Waals surface area contributed by atoms with Crippen LogP contribution in [0.15, 0.2) is 23.0 Å². The number of rotatable bonds is 3. The molecule has 0 saturated heterocycles. The number of nitrogens with zero attached hydrogens (tertiary/aromatic N) is 2. The lowest BCUT2D eigenvalue weighted by Gasteiger charge is -2.35. The summed E-state index contributed by atoms with van der Waals surface area (Å²) in [6.07, 6.45) is 0.819. The minimum atomic E-state index is -0.835. The Hall–Kier alpha value is -1.92. The lowest BCUT2D eigenvalue weighted by molar-refractivity contribution is -0.146. The number of hydrogen-bond donors (Lipinski definition) is 2. The zero-order valence-corrected chi connectivity index (χ0v) is 12.7. The van der Waals surface area contributed by atoms with Crippen molar-refractivity contribution in [1.29, 1.82) is 0 Å². The second-order valence-electron chi connectivity index (χ2n) is 5.73. The van der Waals surface area contributed by atoms with Crippen molar-refractivity contribution in [3.8, 4) is 0 Å². The topological polar surface area (TPSA) is 98.2 Å². The maximum Gasteiger partial charge on any atom is 0.306 e. The van der Waals surface area contributed by atoms with Crippen molar-refractivity contribution in [1.82, 2.24) is 9.55 Å². The van der Waals surface area contributed by atoms with E-state index >= 15 is 0 Å². The van der Waals surface area contributed by atoms with Gasteiger partial charge in [0.1, 0.15) is 5.82 Å². The zero-order chi connectivity index (χ0) is 16.0. The van der Waals surface area contributed by atoms with E-state index in [2.05, 4.69) is 4.98 Å². The Bertz CT molecular complexity index is 810. The Kier molecular flexibility index (Phi) is 3.66. The summed E-state index contributed by atoms with van der Waals surface area (Å²) in [4.78, 5) is 28.3. The van der Waals surface area contributed by atoms with E-state index < -0.39 is 17.9 Å². The molecule has 3 rings (SSSR count). The zero-order valence-electron chi connectivity index (χ0n) is 12.0. The molecule has 1 aliphatic carbocycles. The van der Waals surface area contributed by atoms with Crippen LogP contribution < -0.4 is 11.3 Å². The molecule has 0 aliphatic heterocycles. The van der Waals surface area contributed by atoms with Gasteiger partial charge in [-0.3, -0.25) is 14.2 Å². The van der Waals surface area contributed by atoms with E-state index in [1.807, 2.05) is 0 Å². The van der Waals surface area contributed by atoms with Gasteiger partial charge in [-0.25, -0.2) is 4.98 Å². The predicted octanol–water partition coefficient (Wildman–Crippen LogP) is 2.11. The van der Waals surface area contributed by atoms with Crippen molar-refractivity contribution in [3.63, 3.8) is 0 Å². The van der Waals surface area contributed by atoms with E-state index in [0.29, 0.717) is 34.6 Å². The average Bonchev–Trinajstić information content (AvgIpc) is 2.38. The predicted molar refractivity (Wildman–Crippen MR) is 83.0 cm³/mol. The van der Waals surface area contributed by atoms with Gasteiger partial charge in [0, 0.05) is 6.04 Å². The van der Waals surface area contributed by atoms with Gasteiger partial charge in [-0.1, -0.05) is 17.7 Å². The van der Waals surface area contributed by atoms with Crippen molar-refractivity contribution in [3.05, 3.63) is 39.4 Å². The first-order valence-electron chi connectivity index (χ1n) is 7.09. The molecule has 1 atom stereocenters. The Morgan fingerprint density at radius 1 is 1.50 bits per heavy atom. The van der Waals surface area contributed by atoms with Crippen molar-refractivity contribution >= 4 is 28.5 Å². The number of halogens is 1. The lowest BCUT2D eigenvalue weighted by atomic mass is 9.80. The Morgan fingerprint density at radius 2 is 2.18 bits per heavy atom. The molecule has 116 valence electrons. The van der Waals surface area contributed by atoms with E-state index in [0.717, 1.165) is 0 Å². The SMILES string of the molecule is C[C@H](N)c1nc2cccc(Cl)c2c(=O)n1C1CC(C(=O)O)C1. The highest BCUT2D eigenvalue weighted by atomic mass is 35.5. The van der Waals surface area contributed by atoms with Crippen LogP contribution in [-0.4, -0.2) is 20.6 Å². The lowest BCUT2D eigenvalue weighted by Crippen LogP contribution is -2.40. The number of carboxylic acids is 1. The quantitative estimate of drug-likeness (QED) is 0.902. The fraction of sp³-hybridized carbons (Fsp3) is 0.400. The Balaban J connectivity index is 2.18. The van der Waals surface area contributed by atoms with Crippen LogP contribution in [-0.2, 0) is 4.79 Å². The molecule has 1 aromatic heterocycles. The molecule has 0 radical (unpaired) electrons. The maximum absolute atomic E-state index is 12.8. The monoisotopic (exact) mass is 321 g/mol. The number of hydrogen-bond acceptors (Lipinski definition) is 4. The highest BCUT2D eigenvalue weighted by Gasteiger charge is 2.38. The van der Waals surface area contributed by atoms with Crippen LogP contribution in [0.1, 0.15) is 37.7 Å². The molecule has 1 aliphatic rings. The molecule has 6 nitrogen and oxygen atoms in total. The molecule has 22 heavy (non-hydrogen) atoms. The van der Waals surface area contributed by atoms with Gasteiger partial charge in [0.25, 0.3) is 5.56 Å². The van der Waals surface area contributed by atoms with Gasteiger partial charge in [-0.05, 0) is 31.9 Å². The minimum absolute atomic E-state index is 0.192. The number of aromatic nitrogens is 2. The second kappa shape index (κ2) is 5.37. The standard InChI is InChI=1S/C15H16ClN3O3/c1-7(17)13-18-11-4-2-3-10(16)12(11)14(20)19(13)9-5-8(6-9)15(21)22/h2-4,7-9H,5-6,17H2,1H3,(H,21,22)/t7-,8?,9?/m0/s1. The normalized spacial score (nSPS) is 22.3. The van der Waals surface area contributed by atoms with Crippen molar-refractivity contribution in [2.45, 2.75) is 31.8 Å². The molecule has 0 bridgehead atoms. The molecule has 0 amide bonds. The van der Waals surface area contributed by atoms with Crippen molar-refractivity contribution in [2.75, 3.05) is 0 Å². The van der Waals surface area contributed by atoms with Crippen LogP contribution in [0, 0.1) is 5.92 Å². The van der Waals surface area contributed by atoms with E-state index in [1.165, 1.54) is 4.57 Å². The van der Waals surface area contributed by atoms with Crippen LogP contribution in [0.25, 0.3) is 10.9 Å². The number of benzene rings is 1. The van der Waals surface area contributed by atoms with Gasteiger partial charge in [0.05, 0.1) is 27.9 Å². The fourth-order valence-corrected chi connectivity index (χ4v) is 3.14. The molecular weight excluding hydrogens is 306 g/mol. The van der Waals surface area contributed by atoms with Gasteiger partial charge in [0.2, 0.25) is 0 Å². The first-order valence-corrected chi connectivity index (χ1v) is 7.47. The molecule has 1 heterocycles. The summed E-state index contributed by atoms with van der Waals surface area (Å²) in [5.74, 6) is -0.785. The van der Waals surface area contributed by atoms with E-state index in [-0.39, 0.29) is 11.6 Å². The number of fused-ring (bicyclic) bond motifs is 1. The highest BCUT2D eigenvalue weighted by Crippen LogP contribution is 2.38. The maximum atomic E-state index is 12.8. The van der Waals surface area contributed by atoms with Crippen molar-refractivity contribution < 1.29 is 9.90 Å². The molecule has 1 fully saturated rings. The summed E-state index contributed by atoms with van der Waals surface area (Å²) >= 11 is 6.13. The molecule has 1 saturated carbocycles. The van der Waals surface area contributed by atoms with E-state index in [4.69, 9.17) is 22.4 Å². The Labute approximate surface area is 131 Å². The first-order chi connectivity index (χ1) is 10.4. The molecule has 0 unspecified atom stereocenters. The molecular formula is C15H16ClN3O3. The highest BCUT2D eigenvalue weighted by molar-refractivity contribution is 6.35. The summed E-state index contributed by atoms with van der Waals surface area (Å²) in [5, 5.41) is 9.71. The largest absolute Gasteiger partial charge is 0.481 e. The van der Waals surface area contributed by atoms with Crippen LogP contribution in [0.5, 0.6) is 0 Å².